The zero-order valence-electron chi connectivity index (χ0n) is 19.9. The van der Waals surface area contributed by atoms with Crippen molar-refractivity contribution in [3.05, 3.63) is 58.7 Å². The normalized spacial score (nSPS) is 17.0. The largest absolute Gasteiger partial charge is 0.352 e. The molecule has 7 nitrogen and oxygen atoms in total. The van der Waals surface area contributed by atoms with E-state index in [1.807, 2.05) is 33.8 Å². The topological polar surface area (TPSA) is 95.6 Å². The quantitative estimate of drug-likeness (QED) is 0.640. The predicted octanol–water partition coefficient (Wildman–Crippen LogP) is 3.93. The van der Waals surface area contributed by atoms with Crippen LogP contribution in [0.25, 0.3) is 0 Å². The van der Waals surface area contributed by atoms with E-state index < -0.39 is 16.1 Å². The first-order valence-corrected chi connectivity index (χ1v) is 12.8. The predicted molar refractivity (Wildman–Crippen MR) is 130 cm³/mol. The number of nitrogens with zero attached hydrogens (tertiary/aromatic N) is 1. The summed E-state index contributed by atoms with van der Waals surface area (Å²) in [5, 5.41) is 2.96. The fourth-order valence-electron chi connectivity index (χ4n) is 4.04. The van der Waals surface area contributed by atoms with Crippen LogP contribution >= 0.6 is 0 Å². The molecule has 33 heavy (non-hydrogen) atoms. The van der Waals surface area contributed by atoms with Gasteiger partial charge in [0.25, 0.3) is 15.9 Å². The van der Waals surface area contributed by atoms with E-state index in [2.05, 4.69) is 10.0 Å². The van der Waals surface area contributed by atoms with Crippen molar-refractivity contribution in [1.82, 2.24) is 10.2 Å². The smallest absolute Gasteiger partial charge is 0.262 e. The Hall–Kier alpha value is -2.87. The molecule has 0 saturated carbocycles. The van der Waals surface area contributed by atoms with Crippen molar-refractivity contribution in [1.29, 1.82) is 0 Å². The molecule has 1 saturated heterocycles. The third-order valence-electron chi connectivity index (χ3n) is 6.26. The van der Waals surface area contributed by atoms with Gasteiger partial charge < -0.3 is 10.2 Å². The molecule has 1 heterocycles. The van der Waals surface area contributed by atoms with Crippen LogP contribution in [0.5, 0.6) is 0 Å². The zero-order valence-corrected chi connectivity index (χ0v) is 20.8. The van der Waals surface area contributed by atoms with E-state index in [1.54, 1.807) is 36.1 Å². The van der Waals surface area contributed by atoms with E-state index in [9.17, 15) is 18.0 Å². The molecule has 2 amide bonds. The number of nitrogens with one attached hydrogen (secondary N) is 2. The number of rotatable bonds is 7. The monoisotopic (exact) mass is 471 g/mol. The molecule has 0 radical (unpaired) electrons. The molecule has 3 rings (SSSR count). The highest BCUT2D eigenvalue weighted by Gasteiger charge is 2.35. The first kappa shape index (κ1) is 24.8. The summed E-state index contributed by atoms with van der Waals surface area (Å²) in [6.45, 7) is 10.0. The Morgan fingerprint density at radius 2 is 1.79 bits per heavy atom. The highest BCUT2D eigenvalue weighted by molar-refractivity contribution is 7.92. The Morgan fingerprint density at radius 1 is 1.09 bits per heavy atom. The molecule has 178 valence electrons. The van der Waals surface area contributed by atoms with Crippen molar-refractivity contribution in [2.24, 2.45) is 0 Å². The van der Waals surface area contributed by atoms with E-state index in [-0.39, 0.29) is 22.8 Å². The standard InChI is InChI=1S/C25H33N3O4S/c1-6-19(5)26-24(29)22-11-8-12-28(22)25(30)20-9-7-10-21(15-20)27-33(31,32)23-14-17(3)16(2)13-18(23)4/h7,9-10,13-15,19,22,27H,6,8,11-12H2,1-5H3,(H,26,29). The van der Waals surface area contributed by atoms with Crippen molar-refractivity contribution in [3.63, 3.8) is 0 Å². The first-order valence-electron chi connectivity index (χ1n) is 11.4. The second kappa shape index (κ2) is 9.95. The van der Waals surface area contributed by atoms with Crippen LogP contribution in [0.15, 0.2) is 41.3 Å². The second-order valence-corrected chi connectivity index (χ2v) is 10.5. The Labute approximate surface area is 196 Å². The van der Waals surface area contributed by atoms with Gasteiger partial charge in [-0.3, -0.25) is 14.3 Å². The second-order valence-electron chi connectivity index (χ2n) is 8.86. The molecule has 0 aliphatic carbocycles. The maximum absolute atomic E-state index is 13.2. The van der Waals surface area contributed by atoms with Crippen molar-refractivity contribution in [2.45, 2.75) is 70.9 Å². The molecule has 0 spiro atoms. The summed E-state index contributed by atoms with van der Waals surface area (Å²) in [5.41, 5.74) is 3.22. The van der Waals surface area contributed by atoms with Crippen molar-refractivity contribution < 1.29 is 18.0 Å². The average Bonchev–Trinajstić information content (AvgIpc) is 3.25. The molecule has 1 aliphatic heterocycles. The van der Waals surface area contributed by atoms with Crippen molar-refractivity contribution in [3.8, 4) is 0 Å². The van der Waals surface area contributed by atoms with Crippen LogP contribution in [-0.4, -0.2) is 43.8 Å². The van der Waals surface area contributed by atoms with Gasteiger partial charge in [0.2, 0.25) is 5.91 Å². The lowest BCUT2D eigenvalue weighted by Gasteiger charge is -2.25. The number of aryl methyl sites for hydroxylation is 3. The number of hydrogen-bond donors (Lipinski definition) is 2. The van der Waals surface area contributed by atoms with Gasteiger partial charge in [-0.05, 0) is 87.9 Å². The highest BCUT2D eigenvalue weighted by atomic mass is 32.2. The average molecular weight is 472 g/mol. The highest BCUT2D eigenvalue weighted by Crippen LogP contribution is 2.25. The van der Waals surface area contributed by atoms with E-state index in [1.165, 1.54) is 6.07 Å². The molecule has 1 fully saturated rings. The number of hydrogen-bond acceptors (Lipinski definition) is 4. The Kier molecular flexibility index (Phi) is 7.47. The molecule has 2 N–H and O–H groups in total. The van der Waals surface area contributed by atoms with Crippen LogP contribution in [-0.2, 0) is 14.8 Å². The number of sulfonamides is 1. The van der Waals surface area contributed by atoms with Crippen molar-refractivity contribution in [2.75, 3.05) is 11.3 Å². The minimum absolute atomic E-state index is 0.0432. The summed E-state index contributed by atoms with van der Waals surface area (Å²) in [6, 6.07) is 9.47. The molecule has 0 bridgehead atoms. The van der Waals surface area contributed by atoms with Crippen LogP contribution in [0.3, 0.4) is 0 Å². The molecule has 2 atom stereocenters. The number of benzene rings is 2. The van der Waals surface area contributed by atoms with Gasteiger partial charge in [-0.2, -0.15) is 0 Å². The van der Waals surface area contributed by atoms with Gasteiger partial charge >= 0.3 is 0 Å². The minimum Gasteiger partial charge on any atom is -0.352 e. The third-order valence-corrected chi connectivity index (χ3v) is 7.78. The van der Waals surface area contributed by atoms with Gasteiger partial charge in [-0.25, -0.2) is 8.42 Å². The molecule has 8 heteroatoms. The SMILES string of the molecule is CCC(C)NC(=O)C1CCCN1C(=O)c1cccc(NS(=O)(=O)c2cc(C)c(C)cc2C)c1. The lowest BCUT2D eigenvalue weighted by molar-refractivity contribution is -0.125. The van der Waals surface area contributed by atoms with Gasteiger partial charge in [0.15, 0.2) is 0 Å². The minimum atomic E-state index is -3.82. The third kappa shape index (κ3) is 5.55. The molecule has 2 aromatic rings. The maximum Gasteiger partial charge on any atom is 0.262 e. The van der Waals surface area contributed by atoms with Gasteiger partial charge in [-0.1, -0.05) is 19.1 Å². The summed E-state index contributed by atoms with van der Waals surface area (Å²) in [6.07, 6.45) is 2.18. The summed E-state index contributed by atoms with van der Waals surface area (Å²) < 4.78 is 28.7. The summed E-state index contributed by atoms with van der Waals surface area (Å²) in [5.74, 6) is -0.419. The van der Waals surface area contributed by atoms with E-state index in [0.717, 1.165) is 24.0 Å². The fraction of sp³-hybridized carbons (Fsp3) is 0.440. The molecule has 2 unspecified atom stereocenters. The number of likely N-dealkylation sites (tertiary alicyclic amines) is 1. The van der Waals surface area contributed by atoms with Crippen molar-refractivity contribution >= 4 is 27.5 Å². The van der Waals surface area contributed by atoms with Crippen LogP contribution in [0, 0.1) is 20.8 Å². The van der Waals surface area contributed by atoms with Gasteiger partial charge in [-0.15, -0.1) is 0 Å². The fourth-order valence-corrected chi connectivity index (χ4v) is 5.40. The summed E-state index contributed by atoms with van der Waals surface area (Å²) in [4.78, 5) is 27.7. The summed E-state index contributed by atoms with van der Waals surface area (Å²) >= 11 is 0. The summed E-state index contributed by atoms with van der Waals surface area (Å²) in [7, 11) is -3.82. The maximum atomic E-state index is 13.2. The molecular formula is C25H33N3O4S. The van der Waals surface area contributed by atoms with Crippen LogP contribution in [0.1, 0.15) is 60.2 Å². The van der Waals surface area contributed by atoms with Gasteiger partial charge in [0.05, 0.1) is 4.90 Å². The first-order chi connectivity index (χ1) is 15.5. The Morgan fingerprint density at radius 3 is 2.48 bits per heavy atom. The molecular weight excluding hydrogens is 438 g/mol. The lowest BCUT2D eigenvalue weighted by atomic mass is 10.1. The van der Waals surface area contributed by atoms with E-state index in [0.29, 0.717) is 29.8 Å². The molecule has 0 aromatic heterocycles. The van der Waals surface area contributed by atoms with Crippen LogP contribution in [0.4, 0.5) is 5.69 Å². The number of carbonyl (C=O) groups excluding carboxylic acids is 2. The van der Waals surface area contributed by atoms with E-state index in [4.69, 9.17) is 0 Å². The van der Waals surface area contributed by atoms with Gasteiger partial charge in [0.1, 0.15) is 6.04 Å². The molecule has 2 aromatic carbocycles. The number of carbonyl (C=O) groups is 2. The Bertz CT molecular complexity index is 1160. The van der Waals surface area contributed by atoms with Crippen LogP contribution in [0.2, 0.25) is 0 Å². The molecule has 1 aliphatic rings. The number of anilines is 1. The van der Waals surface area contributed by atoms with Crippen LogP contribution < -0.4 is 10.0 Å². The van der Waals surface area contributed by atoms with Gasteiger partial charge in [0, 0.05) is 23.8 Å². The lowest BCUT2D eigenvalue weighted by Crippen LogP contribution is -2.48. The zero-order chi connectivity index (χ0) is 24.3. The van der Waals surface area contributed by atoms with E-state index >= 15 is 0 Å². The number of amides is 2. The Balaban J connectivity index is 1.81.